The van der Waals surface area contributed by atoms with Gasteiger partial charge in [-0.05, 0) is 18.8 Å². The number of hydrogen-bond acceptors (Lipinski definition) is 6. The van der Waals surface area contributed by atoms with Crippen molar-refractivity contribution in [2.75, 3.05) is 0 Å². The first-order valence-electron chi connectivity index (χ1n) is 8.71. The number of hydrogen-bond donors (Lipinski definition) is 0. The fraction of sp³-hybridized carbons (Fsp3) is 0.800. The molecule has 188 valence electrons. The van der Waals surface area contributed by atoms with Gasteiger partial charge in [0.15, 0.2) is 4.58 Å². The molecule has 0 aromatic rings. The molecule has 1 aliphatic rings. The highest BCUT2D eigenvalue weighted by molar-refractivity contribution is 8.09. The molecule has 1 unspecified atom stereocenters. The average molecular weight is 528 g/mol. The molecule has 6 nitrogen and oxygen atoms in total. The van der Waals surface area contributed by atoms with Crippen LogP contribution in [0.15, 0.2) is 12.2 Å². The summed E-state index contributed by atoms with van der Waals surface area (Å²) in [4.78, 5) is 11.7. The second kappa shape index (κ2) is 9.38. The summed E-state index contributed by atoms with van der Waals surface area (Å²) in [5.74, 6) is -3.45. The van der Waals surface area contributed by atoms with Crippen LogP contribution in [0.5, 0.6) is 0 Å². The van der Waals surface area contributed by atoms with Crippen molar-refractivity contribution in [2.45, 2.75) is 66.4 Å². The molecule has 1 fully saturated rings. The number of ether oxygens (including phenoxy) is 1. The van der Waals surface area contributed by atoms with Gasteiger partial charge in [0.1, 0.15) is 11.7 Å². The van der Waals surface area contributed by atoms with Crippen molar-refractivity contribution in [1.82, 2.24) is 0 Å². The fourth-order valence-corrected chi connectivity index (χ4v) is 6.55. The van der Waals surface area contributed by atoms with Crippen molar-refractivity contribution >= 4 is 25.6 Å². The van der Waals surface area contributed by atoms with Crippen LogP contribution < -0.4 is 0 Å². The molecule has 1 atom stereocenters. The lowest BCUT2D eigenvalue weighted by molar-refractivity contribution is -0.158. The number of esters is 1. The third-order valence-corrected chi connectivity index (χ3v) is 9.36. The molecular formula is C15H17F9O6S2. The lowest BCUT2D eigenvalue weighted by Crippen LogP contribution is -2.48. The number of rotatable bonds is 7. The molecule has 0 radical (unpaired) electrons. The van der Waals surface area contributed by atoms with E-state index in [9.17, 15) is 61.1 Å². The molecule has 1 saturated carbocycles. The molecule has 0 saturated heterocycles. The first-order valence-corrected chi connectivity index (χ1v) is 11.8. The maximum Gasteiger partial charge on any atom is 0.498 e. The average Bonchev–Trinajstić information content (AvgIpc) is 2.61. The molecular weight excluding hydrogens is 511 g/mol. The maximum absolute atomic E-state index is 13.0. The summed E-state index contributed by atoms with van der Waals surface area (Å²) < 4.78 is 163. The Morgan fingerprint density at radius 2 is 1.25 bits per heavy atom. The van der Waals surface area contributed by atoms with Gasteiger partial charge in [-0.3, -0.25) is 0 Å². The van der Waals surface area contributed by atoms with E-state index in [0.717, 1.165) is 0 Å². The van der Waals surface area contributed by atoms with E-state index in [0.29, 0.717) is 6.42 Å². The first-order chi connectivity index (χ1) is 14.1. The first kappa shape index (κ1) is 28.5. The Balaban J connectivity index is 3.51. The maximum atomic E-state index is 13.0. The molecule has 1 aliphatic carbocycles. The zero-order valence-electron chi connectivity index (χ0n) is 15.8. The summed E-state index contributed by atoms with van der Waals surface area (Å²) in [6.07, 6.45) is -8.79. The van der Waals surface area contributed by atoms with Gasteiger partial charge in [-0.1, -0.05) is 25.8 Å². The summed E-state index contributed by atoms with van der Waals surface area (Å²) in [7, 11) is -14.1. The highest BCUT2D eigenvalue weighted by Gasteiger charge is 2.63. The number of sulfone groups is 2. The van der Waals surface area contributed by atoms with Crippen LogP contribution in [-0.2, 0) is 29.2 Å². The predicted molar refractivity (Wildman–Crippen MR) is 90.0 cm³/mol. The highest BCUT2D eigenvalue weighted by atomic mass is 32.3. The normalized spacial score (nSPS) is 18.4. The van der Waals surface area contributed by atoms with Gasteiger partial charge in [-0.15, -0.1) is 0 Å². The number of carbonyl (C=O) groups excluding carboxylic acids is 1. The van der Waals surface area contributed by atoms with Crippen LogP contribution in [0.3, 0.4) is 0 Å². The zero-order chi connectivity index (χ0) is 25.3. The zero-order valence-corrected chi connectivity index (χ0v) is 17.5. The van der Waals surface area contributed by atoms with E-state index in [2.05, 4.69) is 11.3 Å². The van der Waals surface area contributed by atoms with Gasteiger partial charge in [0.25, 0.3) is 19.7 Å². The Morgan fingerprint density at radius 1 is 0.844 bits per heavy atom. The van der Waals surface area contributed by atoms with Crippen LogP contribution in [0.1, 0.15) is 38.5 Å². The molecule has 17 heteroatoms. The summed E-state index contributed by atoms with van der Waals surface area (Å²) in [5, 5.41) is 0. The molecule has 32 heavy (non-hydrogen) atoms. The predicted octanol–water partition coefficient (Wildman–Crippen LogP) is 4.18. The Hall–Kier alpha value is -1.52. The van der Waals surface area contributed by atoms with E-state index in [1.165, 1.54) is 0 Å². The number of halogens is 9. The van der Waals surface area contributed by atoms with Crippen molar-refractivity contribution in [1.29, 1.82) is 0 Å². The van der Waals surface area contributed by atoms with Gasteiger partial charge in [-0.2, -0.15) is 39.5 Å². The van der Waals surface area contributed by atoms with Gasteiger partial charge < -0.3 is 4.74 Å². The van der Waals surface area contributed by atoms with E-state index >= 15 is 0 Å². The van der Waals surface area contributed by atoms with Crippen LogP contribution in [0.4, 0.5) is 39.5 Å². The van der Waals surface area contributed by atoms with Crippen molar-refractivity contribution in [3.63, 3.8) is 0 Å². The minimum Gasteiger partial charge on any atom is -0.458 e. The molecule has 0 N–H and O–H groups in total. The van der Waals surface area contributed by atoms with E-state index in [4.69, 9.17) is 0 Å². The molecule has 0 aromatic carbocycles. The molecule has 0 heterocycles. The third-order valence-electron chi connectivity index (χ3n) is 4.78. The largest absolute Gasteiger partial charge is 0.498 e. The molecule has 0 bridgehead atoms. The van der Waals surface area contributed by atoms with Gasteiger partial charge in [0.2, 0.25) is 0 Å². The minimum absolute atomic E-state index is 0.0682. The fourth-order valence-electron chi connectivity index (χ4n) is 3.07. The standard InChI is InChI=1S/C15H17F9O6S2/c1-8(13(16,17)18)12(25)30-10(9-5-3-2-4-6-9)7-11(31(26,27)14(19,20)21)32(28,29)15(22,23)24/h9-11H,1-7H2. The SMILES string of the molecule is C=C(C(=O)OC(CC(S(=O)(=O)C(F)(F)F)S(=O)(=O)C(F)(F)F)C1CCCCC1)C(F)(F)F. The van der Waals surface area contributed by atoms with Gasteiger partial charge in [0.05, 0.1) is 0 Å². The van der Waals surface area contributed by atoms with E-state index in [-0.39, 0.29) is 25.7 Å². The van der Waals surface area contributed by atoms with Crippen molar-refractivity contribution in [3.05, 3.63) is 12.2 Å². The monoisotopic (exact) mass is 528 g/mol. The van der Waals surface area contributed by atoms with Crippen molar-refractivity contribution in [2.24, 2.45) is 5.92 Å². The van der Waals surface area contributed by atoms with E-state index in [1.54, 1.807) is 0 Å². The van der Waals surface area contributed by atoms with Gasteiger partial charge in [-0.25, -0.2) is 21.6 Å². The second-order valence-corrected chi connectivity index (χ2v) is 11.5. The summed E-state index contributed by atoms with van der Waals surface area (Å²) in [5.41, 5.74) is -15.1. The number of carbonyl (C=O) groups is 1. The third kappa shape index (κ3) is 6.29. The highest BCUT2D eigenvalue weighted by Crippen LogP contribution is 2.41. The van der Waals surface area contributed by atoms with Gasteiger partial charge in [0, 0.05) is 6.42 Å². The van der Waals surface area contributed by atoms with E-state index < -0.39 is 71.4 Å². The van der Waals surface area contributed by atoms with Crippen molar-refractivity contribution in [3.8, 4) is 0 Å². The summed E-state index contributed by atoms with van der Waals surface area (Å²) in [6.45, 7) is 2.38. The van der Waals surface area contributed by atoms with Gasteiger partial charge >= 0.3 is 23.2 Å². The topological polar surface area (TPSA) is 94.6 Å². The lowest BCUT2D eigenvalue weighted by Gasteiger charge is -2.32. The Bertz CT molecular complexity index is 867. The van der Waals surface area contributed by atoms with Crippen LogP contribution in [-0.4, -0.2) is 50.7 Å². The molecule has 1 rings (SSSR count). The van der Waals surface area contributed by atoms with Crippen molar-refractivity contribution < 1.29 is 65.9 Å². The lowest BCUT2D eigenvalue weighted by atomic mass is 9.84. The van der Waals surface area contributed by atoms with Crippen LogP contribution >= 0.6 is 0 Å². The molecule has 0 spiro atoms. The Labute approximate surface area is 176 Å². The quantitative estimate of drug-likeness (QED) is 0.280. The molecule has 0 aliphatic heterocycles. The summed E-state index contributed by atoms with van der Waals surface area (Å²) >= 11 is 0. The summed E-state index contributed by atoms with van der Waals surface area (Å²) in [6, 6.07) is 0. The Kier molecular flexibility index (Phi) is 8.36. The molecule has 0 amide bonds. The second-order valence-electron chi connectivity index (χ2n) is 6.96. The number of alkyl halides is 9. The van der Waals surface area contributed by atoms with Crippen LogP contribution in [0, 0.1) is 5.92 Å². The Morgan fingerprint density at radius 3 is 1.59 bits per heavy atom. The van der Waals surface area contributed by atoms with Crippen LogP contribution in [0.2, 0.25) is 0 Å². The minimum atomic E-state index is -7.04. The van der Waals surface area contributed by atoms with Crippen LogP contribution in [0.25, 0.3) is 0 Å². The smallest absolute Gasteiger partial charge is 0.458 e. The van der Waals surface area contributed by atoms with E-state index in [1.807, 2.05) is 0 Å². The molecule has 0 aromatic heterocycles.